The quantitative estimate of drug-likeness (QED) is 0.837. The molecule has 0 aliphatic carbocycles. The van der Waals surface area contributed by atoms with Gasteiger partial charge in [-0.05, 0) is 45.6 Å². The summed E-state index contributed by atoms with van der Waals surface area (Å²) in [6.07, 6.45) is 5.35. The molecule has 0 amide bonds. The van der Waals surface area contributed by atoms with Crippen LogP contribution in [0.1, 0.15) is 47.5 Å². The zero-order valence-corrected chi connectivity index (χ0v) is 13.4. The molecule has 5 nitrogen and oxygen atoms in total. The Hall–Kier alpha value is -1.36. The summed E-state index contributed by atoms with van der Waals surface area (Å²) in [6, 6.07) is 0. The van der Waals surface area contributed by atoms with Gasteiger partial charge in [0.05, 0.1) is 0 Å². The molecule has 0 saturated heterocycles. The van der Waals surface area contributed by atoms with Gasteiger partial charge in [0.25, 0.3) is 5.56 Å². The number of anilines is 1. The van der Waals surface area contributed by atoms with Crippen molar-refractivity contribution in [2.75, 3.05) is 18.4 Å². The number of hydrogen-bond donors (Lipinski definition) is 2. The van der Waals surface area contributed by atoms with E-state index < -0.39 is 0 Å². The first-order valence-corrected chi connectivity index (χ1v) is 7.31. The summed E-state index contributed by atoms with van der Waals surface area (Å²) in [6.45, 7) is 11.5. The van der Waals surface area contributed by atoms with Crippen LogP contribution in [0.5, 0.6) is 0 Å². The van der Waals surface area contributed by atoms with E-state index in [2.05, 4.69) is 24.1 Å². The summed E-state index contributed by atoms with van der Waals surface area (Å²) in [7, 11) is 0. The first-order chi connectivity index (χ1) is 9.29. The lowest BCUT2D eigenvalue weighted by Crippen LogP contribution is -2.39. The molecule has 0 unspecified atom stereocenters. The highest BCUT2D eigenvalue weighted by Gasteiger charge is 2.25. The molecule has 1 aromatic heterocycles. The molecule has 0 bridgehead atoms. The van der Waals surface area contributed by atoms with Gasteiger partial charge in [0, 0.05) is 24.5 Å². The monoisotopic (exact) mass is 280 g/mol. The Kier molecular flexibility index (Phi) is 5.34. The van der Waals surface area contributed by atoms with Gasteiger partial charge in [0.1, 0.15) is 0 Å². The van der Waals surface area contributed by atoms with E-state index in [1.54, 1.807) is 17.0 Å². The topological polar surface area (TPSA) is 72.9 Å². The minimum atomic E-state index is -0.253. The molecule has 0 aliphatic heterocycles. The van der Waals surface area contributed by atoms with Crippen molar-refractivity contribution in [3.05, 3.63) is 22.7 Å². The molecule has 0 spiro atoms. The van der Waals surface area contributed by atoms with E-state index in [9.17, 15) is 4.79 Å². The number of nitrogens with zero attached hydrogens (tertiary/aromatic N) is 2. The highest BCUT2D eigenvalue weighted by molar-refractivity contribution is 5.31. The van der Waals surface area contributed by atoms with Gasteiger partial charge in [-0.3, -0.25) is 4.79 Å². The van der Waals surface area contributed by atoms with Gasteiger partial charge < -0.3 is 15.6 Å². The summed E-state index contributed by atoms with van der Waals surface area (Å²) < 4.78 is 1.70. The van der Waals surface area contributed by atoms with E-state index in [4.69, 9.17) is 5.73 Å². The zero-order valence-electron chi connectivity index (χ0n) is 13.4. The molecular formula is C15H28N4O. The van der Waals surface area contributed by atoms with E-state index in [1.807, 2.05) is 20.8 Å². The van der Waals surface area contributed by atoms with Crippen LogP contribution in [0.4, 0.5) is 5.82 Å². The Labute approximate surface area is 121 Å². The van der Waals surface area contributed by atoms with E-state index >= 15 is 0 Å². The van der Waals surface area contributed by atoms with Gasteiger partial charge in [-0.1, -0.05) is 13.8 Å². The van der Waals surface area contributed by atoms with Gasteiger partial charge in [0.2, 0.25) is 0 Å². The first kappa shape index (κ1) is 16.7. The Morgan fingerprint density at radius 2 is 1.90 bits per heavy atom. The van der Waals surface area contributed by atoms with Crippen molar-refractivity contribution in [3.8, 4) is 0 Å². The standard InChI is InChI=1S/C15H28N4O/c1-6-15(7-2,10-16)11-18-12-13(20)19(9-8-17-12)14(3,4)5/h8-9H,6-7,10-11,16H2,1-5H3,(H,17,18). The molecule has 20 heavy (non-hydrogen) atoms. The Morgan fingerprint density at radius 3 is 2.35 bits per heavy atom. The number of hydrogen-bond acceptors (Lipinski definition) is 4. The molecule has 0 aromatic carbocycles. The third-order valence-corrected chi connectivity index (χ3v) is 4.13. The normalized spacial score (nSPS) is 12.5. The number of aromatic nitrogens is 2. The summed E-state index contributed by atoms with van der Waals surface area (Å²) in [5.41, 5.74) is 5.57. The molecule has 0 radical (unpaired) electrons. The van der Waals surface area contributed by atoms with E-state index in [-0.39, 0.29) is 16.5 Å². The van der Waals surface area contributed by atoms with Gasteiger partial charge in [-0.15, -0.1) is 0 Å². The third kappa shape index (κ3) is 3.60. The zero-order chi connectivity index (χ0) is 15.4. The fourth-order valence-electron chi connectivity index (χ4n) is 2.19. The molecule has 114 valence electrons. The Morgan fingerprint density at radius 1 is 1.30 bits per heavy atom. The average molecular weight is 280 g/mol. The predicted molar refractivity (Wildman–Crippen MR) is 84.1 cm³/mol. The molecule has 0 saturated carbocycles. The molecule has 0 fully saturated rings. The summed E-state index contributed by atoms with van der Waals surface area (Å²) >= 11 is 0. The van der Waals surface area contributed by atoms with Gasteiger partial charge in [-0.2, -0.15) is 0 Å². The maximum Gasteiger partial charge on any atom is 0.293 e. The van der Waals surface area contributed by atoms with E-state index in [0.29, 0.717) is 18.9 Å². The summed E-state index contributed by atoms with van der Waals surface area (Å²) in [4.78, 5) is 16.6. The molecule has 1 aromatic rings. The first-order valence-electron chi connectivity index (χ1n) is 7.31. The van der Waals surface area contributed by atoms with Crippen molar-refractivity contribution < 1.29 is 0 Å². The minimum Gasteiger partial charge on any atom is -0.365 e. The molecule has 5 heteroatoms. The van der Waals surface area contributed by atoms with Crippen molar-refractivity contribution in [2.24, 2.45) is 11.1 Å². The van der Waals surface area contributed by atoms with Crippen molar-refractivity contribution in [3.63, 3.8) is 0 Å². The van der Waals surface area contributed by atoms with Crippen LogP contribution in [0.3, 0.4) is 0 Å². The lowest BCUT2D eigenvalue weighted by Gasteiger charge is -2.30. The largest absolute Gasteiger partial charge is 0.365 e. The number of rotatable bonds is 6. The maximum atomic E-state index is 12.4. The van der Waals surface area contributed by atoms with Crippen LogP contribution in [0.25, 0.3) is 0 Å². The molecular weight excluding hydrogens is 252 g/mol. The van der Waals surface area contributed by atoms with Crippen LogP contribution in [0, 0.1) is 5.41 Å². The Balaban J connectivity index is 2.98. The molecule has 1 rings (SSSR count). The van der Waals surface area contributed by atoms with Crippen molar-refractivity contribution >= 4 is 5.82 Å². The van der Waals surface area contributed by atoms with Crippen molar-refractivity contribution in [2.45, 2.75) is 53.0 Å². The Bertz CT molecular complexity index is 475. The molecule has 0 atom stereocenters. The highest BCUT2D eigenvalue weighted by atomic mass is 16.1. The van der Waals surface area contributed by atoms with Crippen LogP contribution in [-0.2, 0) is 5.54 Å². The van der Waals surface area contributed by atoms with Gasteiger partial charge in [0.15, 0.2) is 5.82 Å². The van der Waals surface area contributed by atoms with Gasteiger partial charge >= 0.3 is 0 Å². The van der Waals surface area contributed by atoms with E-state index in [0.717, 1.165) is 12.8 Å². The van der Waals surface area contributed by atoms with Crippen molar-refractivity contribution in [1.29, 1.82) is 0 Å². The van der Waals surface area contributed by atoms with Crippen LogP contribution in [-0.4, -0.2) is 22.6 Å². The third-order valence-electron chi connectivity index (χ3n) is 4.13. The van der Waals surface area contributed by atoms with Crippen LogP contribution in [0.2, 0.25) is 0 Å². The molecule has 3 N–H and O–H groups in total. The van der Waals surface area contributed by atoms with Crippen LogP contribution >= 0.6 is 0 Å². The van der Waals surface area contributed by atoms with E-state index in [1.165, 1.54) is 0 Å². The smallest absolute Gasteiger partial charge is 0.293 e. The van der Waals surface area contributed by atoms with Gasteiger partial charge in [-0.25, -0.2) is 4.98 Å². The second-order valence-corrected chi connectivity index (χ2v) is 6.39. The average Bonchev–Trinajstić information content (AvgIpc) is 2.41. The fraction of sp³-hybridized carbons (Fsp3) is 0.733. The maximum absolute atomic E-state index is 12.4. The second-order valence-electron chi connectivity index (χ2n) is 6.39. The number of nitrogens with one attached hydrogen (secondary N) is 1. The summed E-state index contributed by atoms with van der Waals surface area (Å²) in [5.74, 6) is 0.405. The second kappa shape index (κ2) is 6.39. The molecule has 1 heterocycles. The predicted octanol–water partition coefficient (Wildman–Crippen LogP) is 2.18. The van der Waals surface area contributed by atoms with Crippen LogP contribution < -0.4 is 16.6 Å². The van der Waals surface area contributed by atoms with Crippen molar-refractivity contribution in [1.82, 2.24) is 9.55 Å². The van der Waals surface area contributed by atoms with Crippen LogP contribution in [0.15, 0.2) is 17.2 Å². The molecule has 0 aliphatic rings. The SMILES string of the molecule is CCC(CC)(CN)CNc1nccn(C(C)(C)C)c1=O. The lowest BCUT2D eigenvalue weighted by molar-refractivity contribution is 0.294. The fourth-order valence-corrected chi connectivity index (χ4v) is 2.19. The minimum absolute atomic E-state index is 0.0243. The lowest BCUT2D eigenvalue weighted by atomic mass is 9.82. The highest BCUT2D eigenvalue weighted by Crippen LogP contribution is 2.24. The summed E-state index contributed by atoms with van der Waals surface area (Å²) in [5, 5.41) is 3.19. The number of nitrogens with two attached hydrogens (primary N) is 1.